The molecule has 0 aliphatic rings. The van der Waals surface area contributed by atoms with Gasteiger partial charge in [-0.3, -0.25) is 5.43 Å². The molecule has 0 bridgehead atoms. The number of nitrogens with zero attached hydrogens (tertiary/aromatic N) is 2. The van der Waals surface area contributed by atoms with Crippen molar-refractivity contribution in [1.29, 1.82) is 0 Å². The summed E-state index contributed by atoms with van der Waals surface area (Å²) in [5, 5.41) is 7.30. The third-order valence-corrected chi connectivity index (χ3v) is 4.88. The first-order chi connectivity index (χ1) is 11.5. The zero-order valence-electron chi connectivity index (χ0n) is 13.8. The van der Waals surface area contributed by atoms with Crippen LogP contribution in [0.1, 0.15) is 23.6 Å². The van der Waals surface area contributed by atoms with Crippen molar-refractivity contribution < 1.29 is 0 Å². The number of anilines is 1. The Morgan fingerprint density at radius 2 is 1.75 bits per heavy atom. The average Bonchev–Trinajstić information content (AvgIpc) is 3.01. The molecule has 0 radical (unpaired) electrons. The molecule has 0 spiro atoms. The van der Waals surface area contributed by atoms with E-state index in [-0.39, 0.29) is 0 Å². The minimum absolute atomic E-state index is 0.789. The first-order valence-corrected chi connectivity index (χ1v) is 9.29. The lowest BCUT2D eigenvalue weighted by molar-refractivity contribution is 1.27. The molecule has 0 atom stereocenters. The summed E-state index contributed by atoms with van der Waals surface area (Å²) in [7, 11) is 0. The quantitative estimate of drug-likeness (QED) is 0.429. The lowest BCUT2D eigenvalue weighted by Crippen LogP contribution is -2.00. The minimum atomic E-state index is 0.789. The second-order valence-electron chi connectivity index (χ2n) is 5.73. The highest BCUT2D eigenvalue weighted by molar-refractivity contribution is 9.10. The third-order valence-electron chi connectivity index (χ3n) is 3.60. The fourth-order valence-corrected chi connectivity index (χ4v) is 3.38. The summed E-state index contributed by atoms with van der Waals surface area (Å²) >= 11 is 5.00. The Bertz CT molecular complexity index is 862. The number of nitrogens with one attached hydrogen (secondary N) is 1. The SMILES string of the molecule is C/C(=N/Nc1nc(-c2ccc(Br)cc2)cs1)c1cc(C)cc(C)c1. The molecule has 0 fully saturated rings. The molecule has 0 aliphatic carbocycles. The average molecular weight is 400 g/mol. The van der Waals surface area contributed by atoms with Gasteiger partial charge in [0.15, 0.2) is 0 Å². The molecule has 1 N–H and O–H groups in total. The van der Waals surface area contributed by atoms with Crippen LogP contribution in [-0.2, 0) is 0 Å². The zero-order chi connectivity index (χ0) is 17.1. The Balaban J connectivity index is 1.75. The van der Waals surface area contributed by atoms with Gasteiger partial charge in [-0.15, -0.1) is 11.3 Å². The number of hydrogen-bond acceptors (Lipinski definition) is 4. The maximum absolute atomic E-state index is 4.60. The van der Waals surface area contributed by atoms with Crippen molar-refractivity contribution in [3.63, 3.8) is 0 Å². The summed E-state index contributed by atoms with van der Waals surface area (Å²) in [6.45, 7) is 6.20. The van der Waals surface area contributed by atoms with E-state index >= 15 is 0 Å². The summed E-state index contributed by atoms with van der Waals surface area (Å²) in [5.41, 5.74) is 9.68. The molecular formula is C19H18BrN3S. The number of benzene rings is 2. The largest absolute Gasteiger partial charge is 0.252 e. The van der Waals surface area contributed by atoms with Gasteiger partial charge in [0, 0.05) is 15.4 Å². The molecule has 1 aromatic heterocycles. The second-order valence-corrected chi connectivity index (χ2v) is 7.50. The summed E-state index contributed by atoms with van der Waals surface area (Å²) in [6.07, 6.45) is 0. The standard InChI is InChI=1S/C19H18BrN3S/c1-12-8-13(2)10-16(9-12)14(3)22-23-19-21-18(11-24-19)15-4-6-17(20)7-5-15/h4-11H,1-3H3,(H,21,23)/b22-14-. The normalized spacial score (nSPS) is 11.6. The van der Waals surface area contributed by atoms with Gasteiger partial charge in [0.25, 0.3) is 0 Å². The van der Waals surface area contributed by atoms with E-state index in [1.165, 1.54) is 11.1 Å². The van der Waals surface area contributed by atoms with Crippen LogP contribution in [0.4, 0.5) is 5.13 Å². The van der Waals surface area contributed by atoms with Crippen molar-refractivity contribution >= 4 is 38.1 Å². The molecule has 3 nitrogen and oxygen atoms in total. The monoisotopic (exact) mass is 399 g/mol. The van der Waals surface area contributed by atoms with E-state index in [1.54, 1.807) is 11.3 Å². The summed E-state index contributed by atoms with van der Waals surface area (Å²) in [4.78, 5) is 4.60. The molecule has 5 heteroatoms. The molecule has 0 unspecified atom stereocenters. The molecule has 0 saturated carbocycles. The maximum Gasteiger partial charge on any atom is 0.203 e. The van der Waals surface area contributed by atoms with Gasteiger partial charge in [0.1, 0.15) is 0 Å². The van der Waals surface area contributed by atoms with Crippen LogP contribution in [0.3, 0.4) is 0 Å². The highest BCUT2D eigenvalue weighted by Crippen LogP contribution is 2.26. The van der Waals surface area contributed by atoms with Crippen molar-refractivity contribution in [2.75, 3.05) is 5.43 Å². The van der Waals surface area contributed by atoms with Crippen LogP contribution in [-0.4, -0.2) is 10.7 Å². The number of aromatic nitrogens is 1. The van der Waals surface area contributed by atoms with Crippen LogP contribution in [0.2, 0.25) is 0 Å². The Hall–Kier alpha value is -1.98. The van der Waals surface area contributed by atoms with E-state index in [0.29, 0.717) is 0 Å². The molecule has 2 aromatic carbocycles. The Labute approximate surface area is 154 Å². The van der Waals surface area contributed by atoms with Gasteiger partial charge in [0.2, 0.25) is 5.13 Å². The summed E-state index contributed by atoms with van der Waals surface area (Å²) in [5.74, 6) is 0. The van der Waals surface area contributed by atoms with Crippen molar-refractivity contribution in [3.8, 4) is 11.3 Å². The van der Waals surface area contributed by atoms with Gasteiger partial charge in [0.05, 0.1) is 11.4 Å². The number of hydrazone groups is 1. The molecule has 122 valence electrons. The first kappa shape index (κ1) is 16.9. The molecular weight excluding hydrogens is 382 g/mol. The van der Waals surface area contributed by atoms with Crippen LogP contribution in [0.15, 0.2) is 57.4 Å². The lowest BCUT2D eigenvalue weighted by atomic mass is 10.0. The topological polar surface area (TPSA) is 37.3 Å². The molecule has 3 rings (SSSR count). The molecule has 24 heavy (non-hydrogen) atoms. The fourth-order valence-electron chi connectivity index (χ4n) is 2.46. The van der Waals surface area contributed by atoms with E-state index < -0.39 is 0 Å². The van der Waals surface area contributed by atoms with Crippen LogP contribution < -0.4 is 5.43 Å². The van der Waals surface area contributed by atoms with Gasteiger partial charge < -0.3 is 0 Å². The predicted molar refractivity (Wildman–Crippen MR) is 107 cm³/mol. The van der Waals surface area contributed by atoms with Crippen molar-refractivity contribution in [2.45, 2.75) is 20.8 Å². The van der Waals surface area contributed by atoms with Crippen LogP contribution in [0, 0.1) is 13.8 Å². The Morgan fingerprint density at radius 3 is 2.42 bits per heavy atom. The number of rotatable bonds is 4. The van der Waals surface area contributed by atoms with Gasteiger partial charge in [-0.2, -0.15) is 5.10 Å². The van der Waals surface area contributed by atoms with Crippen molar-refractivity contribution in [2.24, 2.45) is 5.10 Å². The summed E-state index contributed by atoms with van der Waals surface area (Å²) < 4.78 is 1.06. The van der Waals surface area contributed by atoms with Crippen LogP contribution in [0.5, 0.6) is 0 Å². The molecule has 0 aliphatic heterocycles. The molecule has 0 amide bonds. The highest BCUT2D eigenvalue weighted by atomic mass is 79.9. The number of thiazole rings is 1. The van der Waals surface area contributed by atoms with Gasteiger partial charge in [-0.25, -0.2) is 4.98 Å². The molecule has 1 heterocycles. The Kier molecular flexibility index (Phi) is 5.11. The van der Waals surface area contributed by atoms with Crippen LogP contribution in [0.25, 0.3) is 11.3 Å². The Morgan fingerprint density at radius 1 is 1.08 bits per heavy atom. The van der Waals surface area contributed by atoms with Gasteiger partial charge >= 0.3 is 0 Å². The van der Waals surface area contributed by atoms with Gasteiger partial charge in [-0.05, 0) is 38.5 Å². The second kappa shape index (κ2) is 7.28. The zero-order valence-corrected chi connectivity index (χ0v) is 16.2. The first-order valence-electron chi connectivity index (χ1n) is 7.62. The van der Waals surface area contributed by atoms with Crippen molar-refractivity contribution in [1.82, 2.24) is 4.98 Å². The predicted octanol–water partition coefficient (Wildman–Crippen LogP) is 6.03. The number of aryl methyl sites for hydroxylation is 2. The minimum Gasteiger partial charge on any atom is -0.252 e. The molecule has 3 aromatic rings. The number of hydrogen-bond donors (Lipinski definition) is 1. The maximum atomic E-state index is 4.60. The molecule has 0 saturated heterocycles. The van der Waals surface area contributed by atoms with E-state index in [4.69, 9.17) is 0 Å². The third kappa shape index (κ3) is 4.10. The van der Waals surface area contributed by atoms with Gasteiger partial charge in [-0.1, -0.05) is 57.4 Å². The van der Waals surface area contributed by atoms with E-state index in [2.05, 4.69) is 63.5 Å². The van der Waals surface area contributed by atoms with E-state index in [0.717, 1.165) is 32.1 Å². The van der Waals surface area contributed by atoms with E-state index in [1.807, 2.05) is 36.6 Å². The highest BCUT2D eigenvalue weighted by Gasteiger charge is 2.05. The number of halogens is 1. The fraction of sp³-hybridized carbons (Fsp3) is 0.158. The summed E-state index contributed by atoms with van der Waals surface area (Å²) in [6, 6.07) is 14.6. The van der Waals surface area contributed by atoms with Crippen LogP contribution >= 0.6 is 27.3 Å². The smallest absolute Gasteiger partial charge is 0.203 e. The lowest BCUT2D eigenvalue weighted by Gasteiger charge is -2.04. The van der Waals surface area contributed by atoms with Crippen molar-refractivity contribution in [3.05, 3.63) is 69.0 Å². The van der Waals surface area contributed by atoms with E-state index in [9.17, 15) is 0 Å².